The standard InChI is InChI=1S/C12H26N2O3/c1-14(10-12-4-3-6-17-12)9-11(15)8-13-5-7-16-2/h11-13,15H,3-10H2,1-2H3. The topological polar surface area (TPSA) is 54.0 Å². The summed E-state index contributed by atoms with van der Waals surface area (Å²) in [6.07, 6.45) is 2.33. The minimum absolute atomic E-state index is 0.335. The van der Waals surface area contributed by atoms with E-state index in [0.717, 1.165) is 26.1 Å². The molecule has 0 saturated carbocycles. The van der Waals surface area contributed by atoms with Crippen LogP contribution in [0.3, 0.4) is 0 Å². The van der Waals surface area contributed by atoms with Crippen LogP contribution in [-0.2, 0) is 9.47 Å². The van der Waals surface area contributed by atoms with Crippen LogP contribution in [-0.4, -0.2) is 75.8 Å². The average Bonchev–Trinajstić information content (AvgIpc) is 2.77. The molecule has 0 aromatic carbocycles. The quantitative estimate of drug-likeness (QED) is 0.547. The molecule has 1 saturated heterocycles. The Morgan fingerprint density at radius 2 is 2.41 bits per heavy atom. The van der Waals surface area contributed by atoms with Crippen LogP contribution in [0.15, 0.2) is 0 Å². The minimum Gasteiger partial charge on any atom is -0.390 e. The number of aliphatic hydroxyl groups excluding tert-OH is 1. The minimum atomic E-state index is -0.335. The fourth-order valence-electron chi connectivity index (χ4n) is 2.08. The molecule has 5 heteroatoms. The van der Waals surface area contributed by atoms with Crippen molar-refractivity contribution in [1.82, 2.24) is 10.2 Å². The lowest BCUT2D eigenvalue weighted by molar-refractivity contribution is 0.0599. The van der Waals surface area contributed by atoms with Crippen molar-refractivity contribution in [3.05, 3.63) is 0 Å². The molecule has 0 amide bonds. The van der Waals surface area contributed by atoms with Crippen molar-refractivity contribution in [2.75, 3.05) is 53.6 Å². The molecule has 0 spiro atoms. The SMILES string of the molecule is COCCNCC(O)CN(C)CC1CCCO1. The highest BCUT2D eigenvalue weighted by atomic mass is 16.5. The maximum Gasteiger partial charge on any atom is 0.0791 e. The van der Waals surface area contributed by atoms with Gasteiger partial charge >= 0.3 is 0 Å². The number of aliphatic hydroxyl groups is 1. The Labute approximate surface area is 104 Å². The van der Waals surface area contributed by atoms with Crippen molar-refractivity contribution in [2.24, 2.45) is 0 Å². The van der Waals surface area contributed by atoms with Gasteiger partial charge in [-0.2, -0.15) is 0 Å². The molecule has 1 heterocycles. The molecule has 17 heavy (non-hydrogen) atoms. The molecule has 5 nitrogen and oxygen atoms in total. The van der Waals surface area contributed by atoms with Gasteiger partial charge in [0.05, 0.1) is 18.8 Å². The first-order chi connectivity index (χ1) is 8.22. The molecule has 0 aromatic rings. The lowest BCUT2D eigenvalue weighted by atomic mass is 10.2. The van der Waals surface area contributed by atoms with Gasteiger partial charge < -0.3 is 24.8 Å². The third kappa shape index (κ3) is 6.95. The van der Waals surface area contributed by atoms with Gasteiger partial charge in [-0.05, 0) is 19.9 Å². The zero-order valence-electron chi connectivity index (χ0n) is 11.0. The molecule has 1 rings (SSSR count). The Hall–Kier alpha value is -0.200. The van der Waals surface area contributed by atoms with Crippen LogP contribution in [0.4, 0.5) is 0 Å². The normalized spacial score (nSPS) is 22.2. The molecule has 1 aliphatic rings. The molecule has 0 aromatic heterocycles. The van der Waals surface area contributed by atoms with E-state index in [1.165, 1.54) is 6.42 Å². The Bertz CT molecular complexity index is 187. The molecule has 0 radical (unpaired) electrons. The largest absolute Gasteiger partial charge is 0.390 e. The number of methoxy groups -OCH3 is 1. The summed E-state index contributed by atoms with van der Waals surface area (Å²) in [4.78, 5) is 2.14. The molecular weight excluding hydrogens is 220 g/mol. The molecule has 2 N–H and O–H groups in total. The molecule has 1 aliphatic heterocycles. The fraction of sp³-hybridized carbons (Fsp3) is 1.00. The fourth-order valence-corrected chi connectivity index (χ4v) is 2.08. The van der Waals surface area contributed by atoms with E-state index in [1.54, 1.807) is 7.11 Å². The summed E-state index contributed by atoms with van der Waals surface area (Å²) in [5.74, 6) is 0. The molecule has 0 aliphatic carbocycles. The van der Waals surface area contributed by atoms with Crippen LogP contribution in [0.2, 0.25) is 0 Å². The van der Waals surface area contributed by atoms with E-state index < -0.39 is 0 Å². The van der Waals surface area contributed by atoms with Gasteiger partial charge in [-0.25, -0.2) is 0 Å². The van der Waals surface area contributed by atoms with E-state index >= 15 is 0 Å². The monoisotopic (exact) mass is 246 g/mol. The summed E-state index contributed by atoms with van der Waals surface area (Å²) < 4.78 is 10.5. The number of nitrogens with zero attached hydrogens (tertiary/aromatic N) is 1. The van der Waals surface area contributed by atoms with Gasteiger partial charge in [0.15, 0.2) is 0 Å². The highest BCUT2D eigenvalue weighted by Crippen LogP contribution is 2.12. The Balaban J connectivity index is 2.01. The third-order valence-electron chi connectivity index (χ3n) is 2.92. The average molecular weight is 246 g/mol. The number of nitrogens with one attached hydrogen (secondary N) is 1. The van der Waals surface area contributed by atoms with Crippen LogP contribution < -0.4 is 5.32 Å². The summed E-state index contributed by atoms with van der Waals surface area (Å²) in [6.45, 7) is 4.55. The summed E-state index contributed by atoms with van der Waals surface area (Å²) >= 11 is 0. The first-order valence-corrected chi connectivity index (χ1v) is 6.40. The van der Waals surface area contributed by atoms with Crippen molar-refractivity contribution >= 4 is 0 Å². The van der Waals surface area contributed by atoms with Crippen molar-refractivity contribution in [3.63, 3.8) is 0 Å². The molecule has 2 atom stereocenters. The van der Waals surface area contributed by atoms with E-state index in [0.29, 0.717) is 25.8 Å². The van der Waals surface area contributed by atoms with Gasteiger partial charge in [0, 0.05) is 39.9 Å². The van der Waals surface area contributed by atoms with Gasteiger partial charge in [-0.15, -0.1) is 0 Å². The number of hydrogen-bond acceptors (Lipinski definition) is 5. The predicted molar refractivity (Wildman–Crippen MR) is 67.2 cm³/mol. The maximum absolute atomic E-state index is 9.81. The maximum atomic E-state index is 9.81. The van der Waals surface area contributed by atoms with Gasteiger partial charge in [0.1, 0.15) is 0 Å². The van der Waals surface area contributed by atoms with E-state index in [9.17, 15) is 5.11 Å². The molecule has 0 bridgehead atoms. The first kappa shape index (κ1) is 14.9. The van der Waals surface area contributed by atoms with Crippen molar-refractivity contribution in [2.45, 2.75) is 25.0 Å². The smallest absolute Gasteiger partial charge is 0.0791 e. The van der Waals surface area contributed by atoms with Crippen LogP contribution in [0.5, 0.6) is 0 Å². The molecule has 2 unspecified atom stereocenters. The van der Waals surface area contributed by atoms with Crippen molar-refractivity contribution in [3.8, 4) is 0 Å². The summed E-state index contributed by atoms with van der Waals surface area (Å²) in [7, 11) is 3.70. The van der Waals surface area contributed by atoms with Gasteiger partial charge in [-0.3, -0.25) is 0 Å². The predicted octanol–water partition coefficient (Wildman–Crippen LogP) is -0.306. The first-order valence-electron chi connectivity index (χ1n) is 6.40. The molecule has 102 valence electrons. The number of likely N-dealkylation sites (N-methyl/N-ethyl adjacent to an activating group) is 1. The number of rotatable bonds is 9. The summed E-state index contributed by atoms with van der Waals surface area (Å²) in [5, 5.41) is 13.0. The van der Waals surface area contributed by atoms with E-state index in [4.69, 9.17) is 9.47 Å². The van der Waals surface area contributed by atoms with Crippen LogP contribution in [0.1, 0.15) is 12.8 Å². The van der Waals surface area contributed by atoms with Crippen molar-refractivity contribution < 1.29 is 14.6 Å². The van der Waals surface area contributed by atoms with Gasteiger partial charge in [0.2, 0.25) is 0 Å². The Kier molecular flexibility index (Phi) is 7.72. The highest BCUT2D eigenvalue weighted by Gasteiger charge is 2.18. The van der Waals surface area contributed by atoms with Gasteiger partial charge in [0.25, 0.3) is 0 Å². The highest BCUT2D eigenvalue weighted by molar-refractivity contribution is 4.71. The molecular formula is C12H26N2O3. The Morgan fingerprint density at radius 3 is 3.06 bits per heavy atom. The lowest BCUT2D eigenvalue weighted by Crippen LogP contribution is -2.40. The van der Waals surface area contributed by atoms with Gasteiger partial charge in [-0.1, -0.05) is 0 Å². The lowest BCUT2D eigenvalue weighted by Gasteiger charge is -2.23. The third-order valence-corrected chi connectivity index (χ3v) is 2.92. The van der Waals surface area contributed by atoms with E-state index in [1.807, 2.05) is 7.05 Å². The van der Waals surface area contributed by atoms with Crippen LogP contribution in [0.25, 0.3) is 0 Å². The van der Waals surface area contributed by atoms with Crippen molar-refractivity contribution in [1.29, 1.82) is 0 Å². The second-order valence-corrected chi connectivity index (χ2v) is 4.71. The van der Waals surface area contributed by atoms with E-state index in [2.05, 4.69) is 10.2 Å². The van der Waals surface area contributed by atoms with Crippen LogP contribution in [0, 0.1) is 0 Å². The second kappa shape index (κ2) is 8.83. The Morgan fingerprint density at radius 1 is 1.59 bits per heavy atom. The van der Waals surface area contributed by atoms with Crippen LogP contribution >= 0.6 is 0 Å². The second-order valence-electron chi connectivity index (χ2n) is 4.71. The number of hydrogen-bond donors (Lipinski definition) is 2. The zero-order chi connectivity index (χ0) is 12.5. The summed E-state index contributed by atoms with van der Waals surface area (Å²) in [5.41, 5.74) is 0. The summed E-state index contributed by atoms with van der Waals surface area (Å²) in [6, 6.07) is 0. The number of ether oxygens (including phenoxy) is 2. The van der Waals surface area contributed by atoms with E-state index in [-0.39, 0.29) is 6.10 Å². The molecule has 1 fully saturated rings. The zero-order valence-corrected chi connectivity index (χ0v) is 11.0.